The second kappa shape index (κ2) is 4.96. The van der Waals surface area contributed by atoms with E-state index in [0.717, 1.165) is 16.4 Å². The van der Waals surface area contributed by atoms with Gasteiger partial charge in [-0.2, -0.15) is 0 Å². The van der Waals surface area contributed by atoms with Crippen LogP contribution in [-0.2, 0) is 4.74 Å². The molecule has 0 bridgehead atoms. The zero-order valence-electron chi connectivity index (χ0n) is 8.18. The average molecular weight is 294 g/mol. The van der Waals surface area contributed by atoms with E-state index >= 15 is 0 Å². The van der Waals surface area contributed by atoms with E-state index in [1.54, 1.807) is 0 Å². The van der Waals surface area contributed by atoms with Gasteiger partial charge in [-0.1, -0.05) is 41.9 Å². The molecule has 2 atom stereocenters. The maximum absolute atomic E-state index is 5.88. The third-order valence-electron chi connectivity index (χ3n) is 3.43. The number of rotatable bonds is 1. The first-order valence-electron chi connectivity index (χ1n) is 5.62. The van der Waals surface area contributed by atoms with Gasteiger partial charge in [-0.3, -0.25) is 0 Å². The van der Waals surface area contributed by atoms with Crippen LogP contribution in [0.2, 0.25) is 0 Å². The third-order valence-corrected chi connectivity index (χ3v) is 4.56. The fraction of sp³-hybridized carbons (Fsp3) is 1.00. The van der Waals surface area contributed by atoms with Crippen LogP contribution in [0.5, 0.6) is 0 Å². The van der Waals surface area contributed by atoms with Gasteiger partial charge >= 0.3 is 0 Å². The molecule has 2 fully saturated rings. The minimum absolute atomic E-state index is 0.607. The molecule has 1 saturated carbocycles. The molecule has 0 radical (unpaired) electrons. The number of halogens is 1. The van der Waals surface area contributed by atoms with Gasteiger partial charge in [0.15, 0.2) is 0 Å². The molecule has 2 rings (SSSR count). The Bertz CT molecular complexity index is 154. The number of ether oxygens (including phenoxy) is 1. The predicted octanol–water partition coefficient (Wildman–Crippen LogP) is 3.55. The molecular weight excluding hydrogens is 275 g/mol. The maximum Gasteiger partial charge on any atom is 0.0613 e. The van der Waals surface area contributed by atoms with Crippen molar-refractivity contribution in [3.63, 3.8) is 0 Å². The second-order valence-corrected chi connectivity index (χ2v) is 6.19. The molecule has 0 aromatic rings. The molecule has 0 unspecified atom stereocenters. The predicted molar refractivity (Wildman–Crippen MR) is 63.4 cm³/mol. The second-order valence-electron chi connectivity index (χ2n) is 4.43. The highest BCUT2D eigenvalue weighted by molar-refractivity contribution is 14.1. The smallest absolute Gasteiger partial charge is 0.0613 e. The molecule has 0 aromatic carbocycles. The SMILES string of the molecule is I[C@H]1CCO[C@@H](C2CCCCC2)C1. The zero-order chi connectivity index (χ0) is 9.10. The lowest BCUT2D eigenvalue weighted by Gasteiger charge is -2.34. The highest BCUT2D eigenvalue weighted by atomic mass is 127. The first kappa shape index (κ1) is 10.2. The first-order chi connectivity index (χ1) is 6.36. The summed E-state index contributed by atoms with van der Waals surface area (Å²) in [5.74, 6) is 0.895. The largest absolute Gasteiger partial charge is 0.378 e. The molecule has 0 amide bonds. The number of hydrogen-bond donors (Lipinski definition) is 0. The zero-order valence-corrected chi connectivity index (χ0v) is 10.3. The molecule has 1 aliphatic heterocycles. The van der Waals surface area contributed by atoms with Crippen LogP contribution in [-0.4, -0.2) is 16.6 Å². The van der Waals surface area contributed by atoms with Crippen LogP contribution in [0.3, 0.4) is 0 Å². The summed E-state index contributed by atoms with van der Waals surface area (Å²) >= 11 is 2.59. The minimum Gasteiger partial charge on any atom is -0.378 e. The Hall–Kier alpha value is 0.690. The number of alkyl halides is 1. The molecule has 0 aromatic heterocycles. The summed E-state index contributed by atoms with van der Waals surface area (Å²) < 4.78 is 6.76. The highest BCUT2D eigenvalue weighted by Gasteiger charge is 2.28. The van der Waals surface area contributed by atoms with Gasteiger partial charge in [0.1, 0.15) is 0 Å². The van der Waals surface area contributed by atoms with Gasteiger partial charge in [0.05, 0.1) is 6.10 Å². The van der Waals surface area contributed by atoms with Gasteiger partial charge in [0.25, 0.3) is 0 Å². The van der Waals surface area contributed by atoms with E-state index in [1.807, 2.05) is 0 Å². The summed E-state index contributed by atoms with van der Waals surface area (Å²) in [5.41, 5.74) is 0. The maximum atomic E-state index is 5.88. The van der Waals surface area contributed by atoms with Crippen LogP contribution in [0.15, 0.2) is 0 Å². The molecule has 0 spiro atoms. The standard InChI is InChI=1S/C11H19IO/c12-10-6-7-13-11(8-10)9-4-2-1-3-5-9/h9-11H,1-8H2/t10-,11+/m0/s1. The first-order valence-corrected chi connectivity index (χ1v) is 6.86. The van der Waals surface area contributed by atoms with E-state index in [9.17, 15) is 0 Å². The van der Waals surface area contributed by atoms with E-state index < -0.39 is 0 Å². The summed E-state index contributed by atoms with van der Waals surface area (Å²) in [7, 11) is 0. The molecule has 1 heterocycles. The molecule has 2 aliphatic rings. The van der Waals surface area contributed by atoms with Gasteiger partial charge < -0.3 is 4.74 Å². The molecular formula is C11H19IO. The Labute approximate surface area is 94.8 Å². The van der Waals surface area contributed by atoms with Crippen molar-refractivity contribution in [2.75, 3.05) is 6.61 Å². The van der Waals surface area contributed by atoms with Gasteiger partial charge in [-0.15, -0.1) is 0 Å². The van der Waals surface area contributed by atoms with Gasteiger partial charge in [-0.25, -0.2) is 0 Å². The summed E-state index contributed by atoms with van der Waals surface area (Å²) in [6, 6.07) is 0. The van der Waals surface area contributed by atoms with E-state index in [1.165, 1.54) is 44.9 Å². The lowest BCUT2D eigenvalue weighted by molar-refractivity contribution is -0.0263. The summed E-state index contributed by atoms with van der Waals surface area (Å²) in [6.07, 6.45) is 10.4. The van der Waals surface area contributed by atoms with E-state index in [-0.39, 0.29) is 0 Å². The van der Waals surface area contributed by atoms with E-state index in [2.05, 4.69) is 22.6 Å². The fourth-order valence-electron chi connectivity index (χ4n) is 2.62. The van der Waals surface area contributed by atoms with Crippen molar-refractivity contribution in [3.05, 3.63) is 0 Å². The molecule has 1 saturated heterocycles. The normalized spacial score (nSPS) is 37.6. The lowest BCUT2D eigenvalue weighted by Crippen LogP contribution is -2.33. The number of hydrogen-bond acceptors (Lipinski definition) is 1. The van der Waals surface area contributed by atoms with Crippen LogP contribution < -0.4 is 0 Å². The quantitative estimate of drug-likeness (QED) is 0.531. The van der Waals surface area contributed by atoms with Gasteiger partial charge in [-0.05, 0) is 31.6 Å². The average Bonchev–Trinajstić information content (AvgIpc) is 2.19. The Morgan fingerprint density at radius 1 is 1.00 bits per heavy atom. The Morgan fingerprint density at radius 2 is 1.77 bits per heavy atom. The van der Waals surface area contributed by atoms with Gasteiger partial charge in [0.2, 0.25) is 0 Å². The third kappa shape index (κ3) is 2.82. The molecule has 1 nitrogen and oxygen atoms in total. The van der Waals surface area contributed by atoms with Crippen molar-refractivity contribution >= 4 is 22.6 Å². The van der Waals surface area contributed by atoms with Crippen molar-refractivity contribution in [2.24, 2.45) is 5.92 Å². The highest BCUT2D eigenvalue weighted by Crippen LogP contribution is 2.33. The lowest BCUT2D eigenvalue weighted by atomic mass is 9.83. The van der Waals surface area contributed by atoms with Crippen molar-refractivity contribution < 1.29 is 4.74 Å². The minimum atomic E-state index is 0.607. The molecule has 13 heavy (non-hydrogen) atoms. The van der Waals surface area contributed by atoms with Crippen molar-refractivity contribution in [2.45, 2.75) is 55.0 Å². The Balaban J connectivity index is 1.83. The van der Waals surface area contributed by atoms with Crippen molar-refractivity contribution in [3.8, 4) is 0 Å². The van der Waals surface area contributed by atoms with Crippen LogP contribution in [0, 0.1) is 5.92 Å². The van der Waals surface area contributed by atoms with E-state index in [0.29, 0.717) is 6.10 Å². The van der Waals surface area contributed by atoms with E-state index in [4.69, 9.17) is 4.74 Å². The Morgan fingerprint density at radius 3 is 2.46 bits per heavy atom. The molecule has 2 heteroatoms. The fourth-order valence-corrected chi connectivity index (χ4v) is 3.38. The molecule has 0 N–H and O–H groups in total. The summed E-state index contributed by atoms with van der Waals surface area (Å²) in [5, 5.41) is 0. The monoisotopic (exact) mass is 294 g/mol. The van der Waals surface area contributed by atoms with Crippen LogP contribution in [0.1, 0.15) is 44.9 Å². The molecule has 1 aliphatic carbocycles. The summed E-state index contributed by atoms with van der Waals surface area (Å²) in [6.45, 7) is 1.01. The topological polar surface area (TPSA) is 9.23 Å². The van der Waals surface area contributed by atoms with Crippen LogP contribution in [0.25, 0.3) is 0 Å². The molecule has 76 valence electrons. The van der Waals surface area contributed by atoms with Crippen LogP contribution in [0.4, 0.5) is 0 Å². The Kier molecular flexibility index (Phi) is 3.90. The van der Waals surface area contributed by atoms with Crippen molar-refractivity contribution in [1.29, 1.82) is 0 Å². The van der Waals surface area contributed by atoms with Crippen molar-refractivity contribution in [1.82, 2.24) is 0 Å². The van der Waals surface area contributed by atoms with Gasteiger partial charge in [0, 0.05) is 10.5 Å². The van der Waals surface area contributed by atoms with Crippen LogP contribution >= 0.6 is 22.6 Å². The summed E-state index contributed by atoms with van der Waals surface area (Å²) in [4.78, 5) is 0.